The molecular formula is C13H16N2O2. The zero-order valence-corrected chi connectivity index (χ0v) is 9.90. The van der Waals surface area contributed by atoms with Crippen molar-refractivity contribution in [3.8, 4) is 5.75 Å². The van der Waals surface area contributed by atoms with Crippen LogP contribution in [0.4, 0.5) is 0 Å². The first-order chi connectivity index (χ1) is 8.18. The van der Waals surface area contributed by atoms with Crippen molar-refractivity contribution in [1.82, 2.24) is 4.98 Å². The number of nitrogens with two attached hydrogens (primary N) is 1. The fourth-order valence-electron chi connectivity index (χ4n) is 2.27. The summed E-state index contributed by atoms with van der Waals surface area (Å²) >= 11 is 0. The maximum Gasteiger partial charge on any atom is 0.197 e. The SMILES string of the molecule is COc1ccc2oc(CC3(N)CCC3)nc2c1. The molecule has 3 rings (SSSR count). The summed E-state index contributed by atoms with van der Waals surface area (Å²) in [4.78, 5) is 4.46. The largest absolute Gasteiger partial charge is 0.497 e. The van der Waals surface area contributed by atoms with Crippen molar-refractivity contribution in [2.75, 3.05) is 7.11 Å². The first-order valence-electron chi connectivity index (χ1n) is 5.91. The molecule has 0 spiro atoms. The molecule has 0 aliphatic heterocycles. The number of methoxy groups -OCH3 is 1. The molecule has 0 atom stereocenters. The Balaban J connectivity index is 1.90. The van der Waals surface area contributed by atoms with Gasteiger partial charge in [0.05, 0.1) is 7.11 Å². The first-order valence-corrected chi connectivity index (χ1v) is 5.91. The van der Waals surface area contributed by atoms with E-state index in [1.165, 1.54) is 6.42 Å². The van der Waals surface area contributed by atoms with Gasteiger partial charge in [0.15, 0.2) is 11.5 Å². The molecule has 17 heavy (non-hydrogen) atoms. The van der Waals surface area contributed by atoms with Crippen LogP contribution in [0.1, 0.15) is 25.2 Å². The van der Waals surface area contributed by atoms with Gasteiger partial charge in [0.25, 0.3) is 0 Å². The third kappa shape index (κ3) is 1.89. The minimum absolute atomic E-state index is 0.0923. The highest BCUT2D eigenvalue weighted by molar-refractivity contribution is 5.74. The van der Waals surface area contributed by atoms with Crippen molar-refractivity contribution in [2.45, 2.75) is 31.2 Å². The second-order valence-electron chi connectivity index (χ2n) is 4.83. The van der Waals surface area contributed by atoms with Crippen LogP contribution < -0.4 is 10.5 Å². The maximum absolute atomic E-state index is 6.19. The Morgan fingerprint density at radius 3 is 2.94 bits per heavy atom. The first kappa shape index (κ1) is 10.6. The second kappa shape index (κ2) is 3.74. The van der Waals surface area contributed by atoms with Crippen LogP contribution in [0.3, 0.4) is 0 Å². The van der Waals surface area contributed by atoms with Gasteiger partial charge in [-0.05, 0) is 31.4 Å². The molecule has 2 aromatic rings. The lowest BCUT2D eigenvalue weighted by molar-refractivity contribution is 0.232. The number of aromatic nitrogens is 1. The molecule has 1 aromatic carbocycles. The van der Waals surface area contributed by atoms with Gasteiger partial charge < -0.3 is 14.9 Å². The molecule has 1 aliphatic rings. The minimum atomic E-state index is -0.0923. The summed E-state index contributed by atoms with van der Waals surface area (Å²) in [5, 5.41) is 0. The van der Waals surface area contributed by atoms with Crippen LogP contribution in [0.2, 0.25) is 0 Å². The topological polar surface area (TPSA) is 61.3 Å². The van der Waals surface area contributed by atoms with E-state index in [-0.39, 0.29) is 5.54 Å². The van der Waals surface area contributed by atoms with Crippen LogP contribution in [0.25, 0.3) is 11.1 Å². The van der Waals surface area contributed by atoms with Crippen LogP contribution in [-0.2, 0) is 6.42 Å². The zero-order chi connectivity index (χ0) is 11.9. The van der Waals surface area contributed by atoms with Crippen LogP contribution in [0.5, 0.6) is 5.75 Å². The molecule has 90 valence electrons. The van der Waals surface area contributed by atoms with Gasteiger partial charge >= 0.3 is 0 Å². The summed E-state index contributed by atoms with van der Waals surface area (Å²) in [6, 6.07) is 5.64. The minimum Gasteiger partial charge on any atom is -0.497 e. The van der Waals surface area contributed by atoms with Crippen molar-refractivity contribution in [3.63, 3.8) is 0 Å². The Morgan fingerprint density at radius 1 is 1.47 bits per heavy atom. The van der Waals surface area contributed by atoms with E-state index in [1.54, 1.807) is 7.11 Å². The molecule has 1 saturated carbocycles. The number of nitrogens with zero attached hydrogens (tertiary/aromatic N) is 1. The number of hydrogen-bond acceptors (Lipinski definition) is 4. The average Bonchev–Trinajstić information content (AvgIpc) is 2.67. The zero-order valence-electron chi connectivity index (χ0n) is 9.90. The summed E-state index contributed by atoms with van der Waals surface area (Å²) < 4.78 is 10.9. The van der Waals surface area contributed by atoms with Crippen LogP contribution in [-0.4, -0.2) is 17.6 Å². The van der Waals surface area contributed by atoms with Gasteiger partial charge in [0.2, 0.25) is 0 Å². The summed E-state index contributed by atoms with van der Waals surface area (Å²) in [6.07, 6.45) is 4.07. The van der Waals surface area contributed by atoms with Crippen molar-refractivity contribution >= 4 is 11.1 Å². The van der Waals surface area contributed by atoms with Crippen LogP contribution in [0.15, 0.2) is 22.6 Å². The summed E-state index contributed by atoms with van der Waals surface area (Å²) in [5.41, 5.74) is 7.73. The van der Waals surface area contributed by atoms with Crippen LogP contribution in [0, 0.1) is 0 Å². The molecule has 0 amide bonds. The highest BCUT2D eigenvalue weighted by Gasteiger charge is 2.34. The maximum atomic E-state index is 6.19. The van der Waals surface area contributed by atoms with E-state index in [1.807, 2.05) is 18.2 Å². The number of fused-ring (bicyclic) bond motifs is 1. The summed E-state index contributed by atoms with van der Waals surface area (Å²) in [6.45, 7) is 0. The molecule has 0 bridgehead atoms. The predicted octanol–water partition coefficient (Wildman–Crippen LogP) is 2.26. The van der Waals surface area contributed by atoms with Gasteiger partial charge in [-0.15, -0.1) is 0 Å². The highest BCUT2D eigenvalue weighted by Crippen LogP contribution is 2.33. The Morgan fingerprint density at radius 2 is 2.29 bits per heavy atom. The van der Waals surface area contributed by atoms with Gasteiger partial charge in [0.1, 0.15) is 11.3 Å². The van der Waals surface area contributed by atoms with E-state index >= 15 is 0 Å². The fraction of sp³-hybridized carbons (Fsp3) is 0.462. The Hall–Kier alpha value is -1.55. The summed E-state index contributed by atoms with van der Waals surface area (Å²) in [7, 11) is 1.64. The molecule has 0 saturated heterocycles. The Labute approximate surface area is 99.8 Å². The molecule has 2 N–H and O–H groups in total. The molecule has 0 radical (unpaired) electrons. The smallest absolute Gasteiger partial charge is 0.197 e. The Kier molecular flexibility index (Phi) is 2.33. The van der Waals surface area contributed by atoms with Gasteiger partial charge in [-0.25, -0.2) is 4.98 Å². The van der Waals surface area contributed by atoms with Gasteiger partial charge in [-0.2, -0.15) is 0 Å². The quantitative estimate of drug-likeness (QED) is 0.881. The fourth-order valence-corrected chi connectivity index (χ4v) is 2.27. The monoisotopic (exact) mass is 232 g/mol. The lowest BCUT2D eigenvalue weighted by Gasteiger charge is -2.36. The van der Waals surface area contributed by atoms with Gasteiger partial charge in [-0.3, -0.25) is 0 Å². The molecule has 1 heterocycles. The predicted molar refractivity (Wildman–Crippen MR) is 65.0 cm³/mol. The molecular weight excluding hydrogens is 216 g/mol. The number of benzene rings is 1. The van der Waals surface area contributed by atoms with Crippen molar-refractivity contribution in [1.29, 1.82) is 0 Å². The van der Waals surface area contributed by atoms with E-state index in [2.05, 4.69) is 4.98 Å². The third-order valence-corrected chi connectivity index (χ3v) is 3.49. The lowest BCUT2D eigenvalue weighted by atomic mass is 9.75. The number of ether oxygens (including phenoxy) is 1. The van der Waals surface area contributed by atoms with E-state index in [0.29, 0.717) is 0 Å². The normalized spacial score (nSPS) is 18.0. The van der Waals surface area contributed by atoms with Gasteiger partial charge in [0, 0.05) is 18.0 Å². The van der Waals surface area contributed by atoms with E-state index in [4.69, 9.17) is 14.9 Å². The van der Waals surface area contributed by atoms with Gasteiger partial charge in [-0.1, -0.05) is 0 Å². The third-order valence-electron chi connectivity index (χ3n) is 3.49. The molecule has 0 unspecified atom stereocenters. The van der Waals surface area contributed by atoms with E-state index in [9.17, 15) is 0 Å². The molecule has 1 aliphatic carbocycles. The van der Waals surface area contributed by atoms with E-state index < -0.39 is 0 Å². The second-order valence-corrected chi connectivity index (χ2v) is 4.83. The lowest BCUT2D eigenvalue weighted by Crippen LogP contribution is -2.48. The van der Waals surface area contributed by atoms with Crippen molar-refractivity contribution < 1.29 is 9.15 Å². The average molecular weight is 232 g/mol. The highest BCUT2D eigenvalue weighted by atomic mass is 16.5. The van der Waals surface area contributed by atoms with Crippen LogP contribution >= 0.6 is 0 Å². The number of hydrogen-bond donors (Lipinski definition) is 1. The Bertz CT molecular complexity index is 543. The molecule has 1 aromatic heterocycles. The standard InChI is InChI=1S/C13H16N2O2/c1-16-9-3-4-11-10(7-9)15-12(17-11)8-13(14)5-2-6-13/h3-4,7H,2,5-6,8,14H2,1H3. The van der Waals surface area contributed by atoms with Crippen molar-refractivity contribution in [2.24, 2.45) is 5.73 Å². The molecule has 1 fully saturated rings. The summed E-state index contributed by atoms with van der Waals surface area (Å²) in [5.74, 6) is 1.53. The number of rotatable bonds is 3. The van der Waals surface area contributed by atoms with Crippen molar-refractivity contribution in [3.05, 3.63) is 24.1 Å². The van der Waals surface area contributed by atoms with E-state index in [0.717, 1.165) is 42.0 Å². The molecule has 4 nitrogen and oxygen atoms in total. The number of oxazole rings is 1. The molecule has 4 heteroatoms.